The van der Waals surface area contributed by atoms with Crippen molar-refractivity contribution in [1.82, 2.24) is 0 Å². The first-order valence-electron chi connectivity index (χ1n) is 4.06. The zero-order valence-corrected chi connectivity index (χ0v) is 10.4. The number of halogens is 1. The summed E-state index contributed by atoms with van der Waals surface area (Å²) in [5, 5.41) is 0.568. The van der Waals surface area contributed by atoms with E-state index in [0.717, 1.165) is 15.8 Å². The first-order chi connectivity index (χ1) is 6.67. The van der Waals surface area contributed by atoms with Gasteiger partial charge in [-0.3, -0.25) is 0 Å². The fourth-order valence-electron chi connectivity index (χ4n) is 1.04. The van der Waals surface area contributed by atoms with Gasteiger partial charge >= 0.3 is 0 Å². The van der Waals surface area contributed by atoms with Crippen LogP contribution in [-0.2, 0) is 11.2 Å². The van der Waals surface area contributed by atoms with Crippen LogP contribution in [0.25, 0.3) is 0 Å². The first kappa shape index (κ1) is 11.5. The lowest BCUT2D eigenvalue weighted by Gasteiger charge is -2.07. The summed E-state index contributed by atoms with van der Waals surface area (Å²) in [5.41, 5.74) is 1.07. The molecule has 0 saturated carbocycles. The minimum Gasteiger partial charge on any atom is -0.497 e. The van der Waals surface area contributed by atoms with Crippen LogP contribution in [0, 0.1) is 0 Å². The number of hydrogen-bond donors (Lipinski definition) is 0. The van der Waals surface area contributed by atoms with E-state index in [1.807, 2.05) is 18.2 Å². The van der Waals surface area contributed by atoms with Crippen LogP contribution in [-0.4, -0.2) is 19.3 Å². The first-order valence-corrected chi connectivity index (χ1v) is 5.26. The van der Waals surface area contributed by atoms with Crippen LogP contribution in [0.1, 0.15) is 5.56 Å². The molecule has 0 bridgehead atoms. The Hall–Kier alpha value is -0.610. The van der Waals surface area contributed by atoms with E-state index in [0.29, 0.717) is 11.5 Å². The second kappa shape index (κ2) is 5.32. The third-order valence-electron chi connectivity index (χ3n) is 1.82. The molecule has 4 heteroatoms. The van der Waals surface area contributed by atoms with Gasteiger partial charge in [-0.05, 0) is 36.0 Å². The zero-order valence-electron chi connectivity index (χ0n) is 8.04. The highest BCUT2D eigenvalue weighted by Gasteiger charge is 2.05. The summed E-state index contributed by atoms with van der Waals surface area (Å²) >= 11 is 8.44. The second-order valence-electron chi connectivity index (χ2n) is 2.71. The van der Waals surface area contributed by atoms with Crippen LogP contribution in [0.15, 0.2) is 22.7 Å². The Morgan fingerprint density at radius 3 is 2.71 bits per heavy atom. The molecule has 0 N–H and O–H groups in total. The van der Waals surface area contributed by atoms with Crippen LogP contribution in [0.5, 0.6) is 5.75 Å². The van der Waals surface area contributed by atoms with E-state index in [-0.39, 0.29) is 0 Å². The summed E-state index contributed by atoms with van der Waals surface area (Å²) in [6, 6.07) is 5.77. The molecule has 76 valence electrons. The van der Waals surface area contributed by atoms with Crippen LogP contribution < -0.4 is 4.74 Å². The standard InChI is InChI=1S/C10H11BrO2S/c1-12-8-3-4-9(11)7(5-8)6-10(14)13-2/h3-5H,6H2,1-2H3. The molecule has 0 fully saturated rings. The van der Waals surface area contributed by atoms with Gasteiger partial charge in [0.05, 0.1) is 14.2 Å². The molecule has 0 aliphatic carbocycles. The van der Waals surface area contributed by atoms with E-state index in [2.05, 4.69) is 15.9 Å². The second-order valence-corrected chi connectivity index (χ2v) is 4.02. The number of hydrogen-bond acceptors (Lipinski definition) is 3. The molecule has 0 amide bonds. The summed E-state index contributed by atoms with van der Waals surface area (Å²) in [6.07, 6.45) is 0.615. The smallest absolute Gasteiger partial charge is 0.163 e. The number of ether oxygens (including phenoxy) is 2. The molecule has 1 aromatic rings. The van der Waals surface area contributed by atoms with Gasteiger partial charge in [-0.2, -0.15) is 0 Å². The lowest BCUT2D eigenvalue weighted by atomic mass is 10.1. The summed E-state index contributed by atoms with van der Waals surface area (Å²) in [7, 11) is 3.22. The predicted octanol–water partition coefficient (Wildman–Crippen LogP) is 2.97. The zero-order chi connectivity index (χ0) is 10.6. The van der Waals surface area contributed by atoms with Crippen LogP contribution in [0.2, 0.25) is 0 Å². The van der Waals surface area contributed by atoms with Crippen molar-refractivity contribution >= 4 is 33.2 Å². The fraction of sp³-hybridized carbons (Fsp3) is 0.300. The van der Waals surface area contributed by atoms with Crippen molar-refractivity contribution in [3.8, 4) is 5.75 Å². The molecule has 0 saturated heterocycles. The normalized spacial score (nSPS) is 9.64. The summed E-state index contributed by atoms with van der Waals surface area (Å²) in [6.45, 7) is 0. The Labute approximate surface area is 97.3 Å². The van der Waals surface area contributed by atoms with Gasteiger partial charge in [0.2, 0.25) is 0 Å². The lowest BCUT2D eigenvalue weighted by Crippen LogP contribution is -2.02. The molecule has 0 aliphatic heterocycles. The third-order valence-corrected chi connectivity index (χ3v) is 2.90. The largest absolute Gasteiger partial charge is 0.497 e. The van der Waals surface area contributed by atoms with Crippen LogP contribution in [0.3, 0.4) is 0 Å². The summed E-state index contributed by atoms with van der Waals surface area (Å²) in [4.78, 5) is 0. The Balaban J connectivity index is 2.89. The minimum absolute atomic E-state index is 0.568. The van der Waals surface area contributed by atoms with Gasteiger partial charge in [0.25, 0.3) is 0 Å². The van der Waals surface area contributed by atoms with Crippen molar-refractivity contribution < 1.29 is 9.47 Å². The van der Waals surface area contributed by atoms with Crippen molar-refractivity contribution in [3.63, 3.8) is 0 Å². The fourth-order valence-corrected chi connectivity index (χ4v) is 1.58. The van der Waals surface area contributed by atoms with E-state index in [1.54, 1.807) is 14.2 Å². The number of methoxy groups -OCH3 is 2. The van der Waals surface area contributed by atoms with Crippen molar-refractivity contribution in [2.75, 3.05) is 14.2 Å². The van der Waals surface area contributed by atoms with Gasteiger partial charge in [-0.25, -0.2) is 0 Å². The maximum absolute atomic E-state index is 5.12. The minimum atomic E-state index is 0.568. The highest BCUT2D eigenvalue weighted by molar-refractivity contribution is 9.10. The monoisotopic (exact) mass is 274 g/mol. The van der Waals surface area contributed by atoms with Gasteiger partial charge in [0, 0.05) is 10.9 Å². The molecule has 0 aliphatic rings. The molecule has 0 heterocycles. The van der Waals surface area contributed by atoms with Gasteiger partial charge in [0.1, 0.15) is 5.75 Å². The topological polar surface area (TPSA) is 18.5 Å². The van der Waals surface area contributed by atoms with E-state index >= 15 is 0 Å². The molecule has 0 unspecified atom stereocenters. The van der Waals surface area contributed by atoms with E-state index < -0.39 is 0 Å². The molecule has 0 aromatic heterocycles. The summed E-state index contributed by atoms with van der Waals surface area (Å²) < 4.78 is 11.1. The highest BCUT2D eigenvalue weighted by Crippen LogP contribution is 2.23. The molecule has 2 nitrogen and oxygen atoms in total. The molecular formula is C10H11BrO2S. The molecule has 1 aromatic carbocycles. The van der Waals surface area contributed by atoms with Crippen molar-refractivity contribution in [2.45, 2.75) is 6.42 Å². The number of benzene rings is 1. The Bertz CT molecular complexity index is 339. The third kappa shape index (κ3) is 2.96. The maximum Gasteiger partial charge on any atom is 0.163 e. The quantitative estimate of drug-likeness (QED) is 0.790. The van der Waals surface area contributed by atoms with E-state index in [9.17, 15) is 0 Å². The average molecular weight is 275 g/mol. The number of thiocarbonyl (C=S) groups is 1. The molecule has 14 heavy (non-hydrogen) atoms. The van der Waals surface area contributed by atoms with Crippen molar-refractivity contribution in [1.29, 1.82) is 0 Å². The van der Waals surface area contributed by atoms with Gasteiger partial charge in [-0.1, -0.05) is 15.9 Å². The van der Waals surface area contributed by atoms with Gasteiger partial charge < -0.3 is 9.47 Å². The average Bonchev–Trinajstić information content (AvgIpc) is 2.21. The van der Waals surface area contributed by atoms with Crippen molar-refractivity contribution in [2.24, 2.45) is 0 Å². The van der Waals surface area contributed by atoms with Crippen LogP contribution >= 0.6 is 28.1 Å². The summed E-state index contributed by atoms with van der Waals surface area (Å²) in [5.74, 6) is 0.821. The number of rotatable bonds is 3. The van der Waals surface area contributed by atoms with Gasteiger partial charge in [0.15, 0.2) is 5.05 Å². The Morgan fingerprint density at radius 1 is 1.43 bits per heavy atom. The molecule has 0 radical (unpaired) electrons. The SMILES string of the molecule is COC(=S)Cc1cc(OC)ccc1Br. The maximum atomic E-state index is 5.12. The highest BCUT2D eigenvalue weighted by atomic mass is 79.9. The Morgan fingerprint density at radius 2 is 2.14 bits per heavy atom. The molecular weight excluding hydrogens is 264 g/mol. The van der Waals surface area contributed by atoms with Crippen molar-refractivity contribution in [3.05, 3.63) is 28.2 Å². The molecule has 1 rings (SSSR count). The predicted molar refractivity (Wildman–Crippen MR) is 64.0 cm³/mol. The molecule has 0 spiro atoms. The van der Waals surface area contributed by atoms with E-state index in [1.165, 1.54) is 0 Å². The Kier molecular flexibility index (Phi) is 4.35. The molecule has 0 atom stereocenters. The van der Waals surface area contributed by atoms with E-state index in [4.69, 9.17) is 21.7 Å². The van der Waals surface area contributed by atoms with Gasteiger partial charge in [-0.15, -0.1) is 0 Å². The lowest BCUT2D eigenvalue weighted by molar-refractivity contribution is 0.404. The van der Waals surface area contributed by atoms with Crippen LogP contribution in [0.4, 0.5) is 0 Å².